The second-order valence-corrected chi connectivity index (χ2v) is 12.2. The number of hydrogen-bond acceptors (Lipinski definition) is 3. The van der Waals surface area contributed by atoms with E-state index in [4.69, 9.17) is 4.74 Å². The predicted molar refractivity (Wildman–Crippen MR) is 95.3 cm³/mol. The molecule has 4 heteroatoms. The van der Waals surface area contributed by atoms with E-state index in [0.29, 0.717) is 24.1 Å². The van der Waals surface area contributed by atoms with Gasteiger partial charge in [-0.3, -0.25) is 0 Å². The van der Waals surface area contributed by atoms with Gasteiger partial charge in [0, 0.05) is 11.7 Å². The molecular formula is C17H35NO2P+. The van der Waals surface area contributed by atoms with Crippen molar-refractivity contribution in [1.29, 1.82) is 0 Å². The quantitative estimate of drug-likeness (QED) is 0.549. The van der Waals surface area contributed by atoms with Gasteiger partial charge in [-0.05, 0) is 62.3 Å². The Morgan fingerprint density at radius 1 is 1.19 bits per heavy atom. The third-order valence-corrected chi connectivity index (χ3v) is 9.82. The molecule has 21 heavy (non-hydrogen) atoms. The largest absolute Gasteiger partial charge is 0.463 e. The lowest BCUT2D eigenvalue weighted by molar-refractivity contribution is -0.140. The topological polar surface area (TPSA) is 38.3 Å². The lowest BCUT2D eigenvalue weighted by Gasteiger charge is -2.35. The number of rotatable bonds is 7. The van der Waals surface area contributed by atoms with Crippen LogP contribution in [0, 0.1) is 0 Å². The Kier molecular flexibility index (Phi) is 7.95. The van der Waals surface area contributed by atoms with Gasteiger partial charge in [0.25, 0.3) is 0 Å². The third-order valence-electron chi connectivity index (χ3n) is 3.91. The van der Waals surface area contributed by atoms with Crippen molar-refractivity contribution >= 4 is 13.2 Å². The van der Waals surface area contributed by atoms with Crippen LogP contribution in [0.1, 0.15) is 62.3 Å². The molecule has 0 aromatic heterocycles. The molecule has 124 valence electrons. The number of esters is 1. The van der Waals surface area contributed by atoms with Crippen molar-refractivity contribution in [3.8, 4) is 0 Å². The van der Waals surface area contributed by atoms with E-state index in [-0.39, 0.29) is 11.5 Å². The number of carbonyl (C=O) groups is 1. The zero-order chi connectivity index (χ0) is 16.8. The fraction of sp³-hybridized carbons (Fsp3) is 0.824. The fourth-order valence-corrected chi connectivity index (χ4v) is 7.39. The van der Waals surface area contributed by atoms with Gasteiger partial charge in [-0.15, -0.1) is 0 Å². The Morgan fingerprint density at radius 3 is 2.00 bits per heavy atom. The Bertz CT molecular complexity index is 359. The van der Waals surface area contributed by atoms with E-state index < -0.39 is 7.26 Å². The highest BCUT2D eigenvalue weighted by molar-refractivity contribution is 7.81. The SMILES string of the molecule is CCOC(=O)C[P+](/C(C)=C/NC(C)(C)C)(C(C)C)C(C)C. The molecule has 0 saturated carbocycles. The number of nitrogens with one attached hydrogen (secondary N) is 1. The number of hydrogen-bond donors (Lipinski definition) is 1. The van der Waals surface area contributed by atoms with Gasteiger partial charge in [0.15, 0.2) is 6.16 Å². The van der Waals surface area contributed by atoms with Crippen LogP contribution in [-0.2, 0) is 9.53 Å². The van der Waals surface area contributed by atoms with Crippen molar-refractivity contribution in [2.75, 3.05) is 12.8 Å². The highest BCUT2D eigenvalue weighted by atomic mass is 31.2. The molecule has 0 fully saturated rings. The molecule has 0 heterocycles. The lowest BCUT2D eigenvalue weighted by Crippen LogP contribution is -2.32. The van der Waals surface area contributed by atoms with Gasteiger partial charge in [-0.2, -0.15) is 0 Å². The molecular weight excluding hydrogens is 281 g/mol. The van der Waals surface area contributed by atoms with Gasteiger partial charge in [-0.1, -0.05) is 0 Å². The Hall–Kier alpha value is -0.560. The van der Waals surface area contributed by atoms with Crippen LogP contribution in [0.25, 0.3) is 0 Å². The van der Waals surface area contributed by atoms with Gasteiger partial charge in [0.05, 0.1) is 30.5 Å². The Labute approximate surface area is 132 Å². The molecule has 0 radical (unpaired) electrons. The predicted octanol–water partition coefficient (Wildman–Crippen LogP) is 4.63. The van der Waals surface area contributed by atoms with Crippen molar-refractivity contribution < 1.29 is 9.53 Å². The van der Waals surface area contributed by atoms with Crippen LogP contribution < -0.4 is 5.32 Å². The number of carbonyl (C=O) groups excluding carboxylic acids is 1. The first-order valence-corrected chi connectivity index (χ1v) is 10.1. The molecule has 0 bridgehead atoms. The zero-order valence-corrected chi connectivity index (χ0v) is 16.3. The van der Waals surface area contributed by atoms with Crippen LogP contribution in [0.3, 0.4) is 0 Å². The Balaban J connectivity index is 5.53. The molecule has 3 nitrogen and oxygen atoms in total. The maximum absolute atomic E-state index is 12.1. The van der Waals surface area contributed by atoms with Crippen LogP contribution in [0.5, 0.6) is 0 Å². The summed E-state index contributed by atoms with van der Waals surface area (Å²) in [5, 5.41) is 4.78. The van der Waals surface area contributed by atoms with Crippen molar-refractivity contribution in [1.82, 2.24) is 5.32 Å². The van der Waals surface area contributed by atoms with Gasteiger partial charge in [-0.25, -0.2) is 4.79 Å². The van der Waals surface area contributed by atoms with Crippen molar-refractivity contribution in [3.63, 3.8) is 0 Å². The molecule has 0 aliphatic rings. The summed E-state index contributed by atoms with van der Waals surface area (Å²) in [6, 6.07) is 0. The minimum atomic E-state index is -1.58. The average molecular weight is 316 g/mol. The molecule has 0 amide bonds. The standard InChI is InChI=1S/C17H35NO2P/c1-10-20-16(19)12-21(13(2)3,14(4)5)15(6)11-18-17(7,8)9/h11,13-14,18H,10,12H2,1-9H3/q+1/b15-11+. The molecule has 0 aromatic rings. The molecule has 0 atom stereocenters. The molecule has 0 spiro atoms. The first-order chi connectivity index (χ1) is 9.47. The minimum Gasteiger partial charge on any atom is -0.463 e. The Morgan fingerprint density at radius 2 is 1.67 bits per heavy atom. The maximum Gasteiger partial charge on any atom is 0.344 e. The molecule has 0 saturated heterocycles. The lowest BCUT2D eigenvalue weighted by atomic mass is 10.1. The van der Waals surface area contributed by atoms with Gasteiger partial charge < -0.3 is 10.1 Å². The summed E-state index contributed by atoms with van der Waals surface area (Å²) in [5.41, 5.74) is 0.981. The van der Waals surface area contributed by atoms with Crippen molar-refractivity contribution in [2.45, 2.75) is 79.2 Å². The monoisotopic (exact) mass is 316 g/mol. The van der Waals surface area contributed by atoms with Crippen molar-refractivity contribution in [3.05, 3.63) is 11.5 Å². The first kappa shape index (κ1) is 20.4. The molecule has 0 aliphatic carbocycles. The van der Waals surface area contributed by atoms with E-state index in [1.807, 2.05) is 6.92 Å². The third kappa shape index (κ3) is 5.98. The van der Waals surface area contributed by atoms with E-state index in [1.54, 1.807) is 0 Å². The average Bonchev–Trinajstić information content (AvgIpc) is 2.31. The number of ether oxygens (including phenoxy) is 1. The summed E-state index contributed by atoms with van der Waals surface area (Å²) in [6.45, 7) is 19.9. The summed E-state index contributed by atoms with van der Waals surface area (Å²) in [4.78, 5) is 12.1. The van der Waals surface area contributed by atoms with Crippen LogP contribution in [0.2, 0.25) is 0 Å². The van der Waals surface area contributed by atoms with Crippen LogP contribution in [-0.4, -0.2) is 35.6 Å². The smallest absolute Gasteiger partial charge is 0.344 e. The van der Waals surface area contributed by atoms with Crippen LogP contribution in [0.4, 0.5) is 0 Å². The zero-order valence-electron chi connectivity index (χ0n) is 15.4. The van der Waals surface area contributed by atoms with Crippen molar-refractivity contribution in [2.24, 2.45) is 0 Å². The van der Waals surface area contributed by atoms with Crippen LogP contribution in [0.15, 0.2) is 11.5 Å². The summed E-state index contributed by atoms with van der Waals surface area (Å²) in [5.74, 6) is -0.0586. The second-order valence-electron chi connectivity index (χ2n) is 7.26. The summed E-state index contributed by atoms with van der Waals surface area (Å²) in [6.07, 6.45) is 2.68. The second kappa shape index (κ2) is 8.17. The maximum atomic E-state index is 12.1. The normalized spacial score (nSPS) is 13.8. The molecule has 1 N–H and O–H groups in total. The van der Waals surface area contributed by atoms with E-state index in [2.05, 4.69) is 66.9 Å². The molecule has 0 aliphatic heterocycles. The summed E-state index contributed by atoms with van der Waals surface area (Å²) < 4.78 is 5.23. The van der Waals surface area contributed by atoms with E-state index in [0.717, 1.165) is 0 Å². The van der Waals surface area contributed by atoms with E-state index in [1.165, 1.54) is 5.31 Å². The highest BCUT2D eigenvalue weighted by Crippen LogP contribution is 2.72. The number of allylic oxidation sites excluding steroid dienone is 1. The van der Waals surface area contributed by atoms with Crippen LogP contribution >= 0.6 is 7.26 Å². The van der Waals surface area contributed by atoms with E-state index >= 15 is 0 Å². The molecule has 0 unspecified atom stereocenters. The minimum absolute atomic E-state index is 0.0365. The van der Waals surface area contributed by atoms with Gasteiger partial charge in [0.2, 0.25) is 0 Å². The molecule has 0 aromatic carbocycles. The van der Waals surface area contributed by atoms with Gasteiger partial charge in [0.1, 0.15) is 0 Å². The van der Waals surface area contributed by atoms with E-state index in [9.17, 15) is 4.79 Å². The highest BCUT2D eigenvalue weighted by Gasteiger charge is 2.49. The summed E-state index contributed by atoms with van der Waals surface area (Å²) in [7, 11) is -1.58. The molecule has 0 rings (SSSR count). The van der Waals surface area contributed by atoms with Gasteiger partial charge >= 0.3 is 5.97 Å². The first-order valence-electron chi connectivity index (χ1n) is 7.95. The summed E-state index contributed by atoms with van der Waals surface area (Å²) >= 11 is 0. The fourth-order valence-electron chi connectivity index (χ4n) is 2.76.